The van der Waals surface area contributed by atoms with E-state index in [0.29, 0.717) is 10.6 Å². The Morgan fingerprint density at radius 3 is 2.47 bits per heavy atom. The molecule has 1 aromatic heterocycles. The van der Waals surface area contributed by atoms with Crippen molar-refractivity contribution in [3.05, 3.63) is 82.2 Å². The minimum atomic E-state index is -0.984. The molecule has 0 aliphatic carbocycles. The summed E-state index contributed by atoms with van der Waals surface area (Å²) in [4.78, 5) is 34.0. The van der Waals surface area contributed by atoms with Crippen molar-refractivity contribution in [3.63, 3.8) is 0 Å². The van der Waals surface area contributed by atoms with Gasteiger partial charge in [-0.2, -0.15) is 4.39 Å². The third-order valence-electron chi connectivity index (χ3n) is 3.70. The molecule has 2 amide bonds. The van der Waals surface area contributed by atoms with Crippen LogP contribution in [0.4, 0.5) is 21.6 Å². The van der Waals surface area contributed by atoms with Crippen LogP contribution in [0.2, 0.25) is 0 Å². The molecular formula is C19H14FN5O4S. The molecule has 0 saturated heterocycles. The lowest BCUT2D eigenvalue weighted by atomic mass is 10.2. The Morgan fingerprint density at radius 2 is 1.80 bits per heavy atom. The lowest BCUT2D eigenvalue weighted by Crippen LogP contribution is -2.15. The van der Waals surface area contributed by atoms with E-state index in [0.717, 1.165) is 23.9 Å². The molecule has 152 valence electrons. The van der Waals surface area contributed by atoms with E-state index in [4.69, 9.17) is 0 Å². The Balaban J connectivity index is 1.52. The maximum Gasteiger partial charge on any atom is 0.306 e. The van der Waals surface area contributed by atoms with Crippen LogP contribution >= 0.6 is 11.8 Å². The van der Waals surface area contributed by atoms with Crippen molar-refractivity contribution in [2.75, 3.05) is 16.4 Å². The number of thioether (sulfide) groups is 1. The van der Waals surface area contributed by atoms with Gasteiger partial charge in [-0.1, -0.05) is 30.0 Å². The van der Waals surface area contributed by atoms with Gasteiger partial charge < -0.3 is 10.6 Å². The van der Waals surface area contributed by atoms with Crippen molar-refractivity contribution in [2.45, 2.75) is 5.03 Å². The summed E-state index contributed by atoms with van der Waals surface area (Å²) in [6.45, 7) is 0. The van der Waals surface area contributed by atoms with Gasteiger partial charge >= 0.3 is 5.69 Å². The fraction of sp³-hybridized carbons (Fsp3) is 0.0526. The van der Waals surface area contributed by atoms with Crippen LogP contribution in [-0.4, -0.2) is 32.7 Å². The summed E-state index contributed by atoms with van der Waals surface area (Å²) in [7, 11) is 0. The zero-order chi connectivity index (χ0) is 21.5. The van der Waals surface area contributed by atoms with E-state index >= 15 is 0 Å². The Morgan fingerprint density at radius 1 is 1.03 bits per heavy atom. The van der Waals surface area contributed by atoms with Gasteiger partial charge in [-0.3, -0.25) is 19.7 Å². The fourth-order valence-electron chi connectivity index (χ4n) is 2.31. The number of nitrogens with one attached hydrogen (secondary N) is 2. The molecule has 2 aromatic carbocycles. The molecule has 30 heavy (non-hydrogen) atoms. The number of aromatic nitrogens is 2. The van der Waals surface area contributed by atoms with Crippen molar-refractivity contribution in [1.29, 1.82) is 0 Å². The predicted octanol–water partition coefficient (Wildman–Crippen LogP) is 3.51. The largest absolute Gasteiger partial charge is 0.325 e. The van der Waals surface area contributed by atoms with Crippen molar-refractivity contribution in [3.8, 4) is 0 Å². The highest BCUT2D eigenvalue weighted by Gasteiger charge is 2.15. The molecule has 0 aliphatic heterocycles. The number of nitro groups is 1. The number of carbonyl (C=O) groups excluding carboxylic acids is 2. The molecule has 0 bridgehead atoms. The van der Waals surface area contributed by atoms with Gasteiger partial charge in [-0.25, -0.2) is 0 Å². The molecule has 2 N–H and O–H groups in total. The Kier molecular flexibility index (Phi) is 6.65. The minimum absolute atomic E-state index is 0.0461. The van der Waals surface area contributed by atoms with Crippen LogP contribution in [0.5, 0.6) is 0 Å². The average Bonchev–Trinajstić information content (AvgIpc) is 2.75. The van der Waals surface area contributed by atoms with Crippen LogP contribution in [0.1, 0.15) is 10.4 Å². The van der Waals surface area contributed by atoms with E-state index in [1.807, 2.05) is 0 Å². The van der Waals surface area contributed by atoms with Crippen LogP contribution in [-0.2, 0) is 4.79 Å². The average molecular weight is 427 g/mol. The van der Waals surface area contributed by atoms with Gasteiger partial charge in [0.25, 0.3) is 5.91 Å². The number of amides is 2. The number of hydrogen-bond donors (Lipinski definition) is 2. The van der Waals surface area contributed by atoms with Gasteiger partial charge in [-0.05, 0) is 36.4 Å². The van der Waals surface area contributed by atoms with Gasteiger partial charge in [0.15, 0.2) is 5.82 Å². The molecule has 0 fully saturated rings. The maximum absolute atomic E-state index is 13.3. The number of carbonyl (C=O) groups is 2. The topological polar surface area (TPSA) is 127 Å². The summed E-state index contributed by atoms with van der Waals surface area (Å²) in [6.07, 6.45) is 0. The fourth-order valence-corrected chi connectivity index (χ4v) is 2.92. The number of rotatable bonds is 7. The molecule has 0 aliphatic rings. The number of nitro benzene ring substituents is 1. The maximum atomic E-state index is 13.3. The standard InChI is InChI=1S/C19H14FN5O4S/c20-14-7-6-13(10-15(14)25(28)29)21-17(26)11-30-18-9-8-16(23-24-18)22-19(27)12-4-2-1-3-5-12/h1-10H,11H2,(H,21,26)(H,22,23,27). The van der Waals surface area contributed by atoms with E-state index in [2.05, 4.69) is 20.8 Å². The molecule has 0 saturated carbocycles. The molecule has 3 aromatic rings. The Hall–Kier alpha value is -3.86. The lowest BCUT2D eigenvalue weighted by molar-refractivity contribution is -0.387. The summed E-state index contributed by atoms with van der Waals surface area (Å²) in [5.74, 6) is -1.55. The highest BCUT2D eigenvalue weighted by molar-refractivity contribution is 7.99. The van der Waals surface area contributed by atoms with Gasteiger partial charge in [0, 0.05) is 17.3 Å². The highest BCUT2D eigenvalue weighted by Crippen LogP contribution is 2.22. The number of hydrogen-bond acceptors (Lipinski definition) is 7. The highest BCUT2D eigenvalue weighted by atomic mass is 32.2. The predicted molar refractivity (Wildman–Crippen MR) is 109 cm³/mol. The lowest BCUT2D eigenvalue weighted by Gasteiger charge is -2.06. The first kappa shape index (κ1) is 20.9. The second-order valence-electron chi connectivity index (χ2n) is 5.84. The quantitative estimate of drug-likeness (QED) is 0.335. The molecule has 1 heterocycles. The van der Waals surface area contributed by atoms with E-state index in [9.17, 15) is 24.1 Å². The van der Waals surface area contributed by atoms with Gasteiger partial charge in [0.1, 0.15) is 5.03 Å². The smallest absolute Gasteiger partial charge is 0.306 e. The van der Waals surface area contributed by atoms with Crippen molar-refractivity contribution >= 4 is 40.8 Å². The van der Waals surface area contributed by atoms with Crippen LogP contribution in [0.15, 0.2) is 65.7 Å². The van der Waals surface area contributed by atoms with Gasteiger partial charge in [-0.15, -0.1) is 10.2 Å². The summed E-state index contributed by atoms with van der Waals surface area (Å²) in [5, 5.41) is 24.1. The Labute approximate surface area is 173 Å². The molecular weight excluding hydrogens is 413 g/mol. The van der Waals surface area contributed by atoms with Crippen LogP contribution in [0.3, 0.4) is 0 Å². The zero-order valence-electron chi connectivity index (χ0n) is 15.2. The summed E-state index contributed by atoms with van der Waals surface area (Å²) >= 11 is 1.08. The van der Waals surface area contributed by atoms with Crippen LogP contribution in [0, 0.1) is 15.9 Å². The normalized spacial score (nSPS) is 10.3. The second-order valence-corrected chi connectivity index (χ2v) is 6.83. The van der Waals surface area contributed by atoms with E-state index in [-0.39, 0.29) is 23.2 Å². The first-order chi connectivity index (χ1) is 14.4. The Bertz CT molecular complexity index is 1080. The van der Waals surface area contributed by atoms with E-state index in [1.54, 1.807) is 42.5 Å². The van der Waals surface area contributed by atoms with E-state index < -0.39 is 22.3 Å². The number of halogens is 1. The molecule has 0 atom stereocenters. The van der Waals surface area contributed by atoms with Crippen molar-refractivity contribution in [1.82, 2.24) is 10.2 Å². The number of nitrogens with zero attached hydrogens (tertiary/aromatic N) is 3. The zero-order valence-corrected chi connectivity index (χ0v) is 16.1. The number of benzene rings is 2. The minimum Gasteiger partial charge on any atom is -0.325 e. The monoisotopic (exact) mass is 427 g/mol. The van der Waals surface area contributed by atoms with Crippen LogP contribution in [0.25, 0.3) is 0 Å². The third-order valence-corrected chi connectivity index (χ3v) is 4.62. The molecule has 0 spiro atoms. The third kappa shape index (κ3) is 5.58. The molecule has 11 heteroatoms. The van der Waals surface area contributed by atoms with E-state index in [1.165, 1.54) is 6.07 Å². The molecule has 9 nitrogen and oxygen atoms in total. The van der Waals surface area contributed by atoms with Crippen molar-refractivity contribution < 1.29 is 18.9 Å². The summed E-state index contributed by atoms with van der Waals surface area (Å²) in [6, 6.07) is 14.9. The van der Waals surface area contributed by atoms with Crippen LogP contribution < -0.4 is 10.6 Å². The number of anilines is 2. The first-order valence-electron chi connectivity index (χ1n) is 8.49. The van der Waals surface area contributed by atoms with Gasteiger partial charge in [0.2, 0.25) is 11.7 Å². The first-order valence-corrected chi connectivity index (χ1v) is 9.47. The SMILES string of the molecule is O=C(CSc1ccc(NC(=O)c2ccccc2)nn1)Nc1ccc(F)c([N+](=O)[O-])c1. The van der Waals surface area contributed by atoms with Crippen molar-refractivity contribution in [2.24, 2.45) is 0 Å². The van der Waals surface area contributed by atoms with Gasteiger partial charge in [0.05, 0.1) is 10.7 Å². The molecule has 0 radical (unpaired) electrons. The summed E-state index contributed by atoms with van der Waals surface area (Å²) in [5.41, 5.74) is -0.131. The second kappa shape index (κ2) is 9.56. The molecule has 3 rings (SSSR count). The summed E-state index contributed by atoms with van der Waals surface area (Å²) < 4.78 is 13.3. The molecule has 0 unspecified atom stereocenters.